The van der Waals surface area contributed by atoms with Gasteiger partial charge in [0.25, 0.3) is 5.91 Å². The Morgan fingerprint density at radius 3 is 2.65 bits per heavy atom. The summed E-state index contributed by atoms with van der Waals surface area (Å²) in [7, 11) is 0. The molecular formula is C22H23BrFN3O4. The number of carbonyl (C=O) groups excluding carboxylic acids is 2. The zero-order valence-corrected chi connectivity index (χ0v) is 18.9. The second-order valence-electron chi connectivity index (χ2n) is 7.43. The van der Waals surface area contributed by atoms with Crippen LogP contribution in [0, 0.1) is 31.0 Å². The first kappa shape index (κ1) is 22.8. The fraction of sp³-hybridized carbons (Fsp3) is 0.409. The molecule has 0 bridgehead atoms. The van der Waals surface area contributed by atoms with Crippen LogP contribution >= 0.6 is 15.9 Å². The Labute approximate surface area is 188 Å². The van der Waals surface area contributed by atoms with Crippen LogP contribution in [0.5, 0.6) is 5.75 Å². The Bertz CT molecular complexity index is 1040. The number of amides is 1. The third kappa shape index (κ3) is 5.25. The van der Waals surface area contributed by atoms with E-state index >= 15 is 0 Å². The van der Waals surface area contributed by atoms with E-state index in [1.807, 2.05) is 18.4 Å². The first-order chi connectivity index (χ1) is 14.8. The van der Waals surface area contributed by atoms with Gasteiger partial charge in [0.1, 0.15) is 23.5 Å². The molecule has 1 N–H and O–H groups in total. The molecule has 1 heterocycles. The minimum Gasteiger partial charge on any atom is -0.481 e. The highest BCUT2D eigenvalue weighted by molar-refractivity contribution is 9.10. The summed E-state index contributed by atoms with van der Waals surface area (Å²) in [5, 5.41) is 12.3. The summed E-state index contributed by atoms with van der Waals surface area (Å²) in [6, 6.07) is 6.20. The number of nitrogens with one attached hydrogen (secondary N) is 1. The van der Waals surface area contributed by atoms with E-state index in [2.05, 4.69) is 27.3 Å². The Morgan fingerprint density at radius 1 is 1.29 bits per heavy atom. The van der Waals surface area contributed by atoms with Gasteiger partial charge in [0.2, 0.25) is 0 Å². The van der Waals surface area contributed by atoms with Crippen LogP contribution in [0.1, 0.15) is 48.5 Å². The van der Waals surface area contributed by atoms with Crippen molar-refractivity contribution in [2.24, 2.45) is 0 Å². The van der Waals surface area contributed by atoms with E-state index in [9.17, 15) is 19.2 Å². The number of nitrogens with zero attached hydrogens (tertiary/aromatic N) is 2. The topological polar surface area (TPSA) is 93.3 Å². The van der Waals surface area contributed by atoms with Crippen molar-refractivity contribution in [3.05, 3.63) is 45.3 Å². The number of esters is 1. The van der Waals surface area contributed by atoms with Gasteiger partial charge in [-0.05, 0) is 66.4 Å². The number of aromatic nitrogens is 1. The van der Waals surface area contributed by atoms with Crippen molar-refractivity contribution in [3.63, 3.8) is 0 Å². The largest absolute Gasteiger partial charge is 0.481 e. The summed E-state index contributed by atoms with van der Waals surface area (Å²) in [5.41, 5.74) is 2.21. The Kier molecular flexibility index (Phi) is 7.33. The highest BCUT2D eigenvalue weighted by Gasteiger charge is 2.26. The number of nitriles is 1. The molecule has 0 unspecified atom stereocenters. The fourth-order valence-electron chi connectivity index (χ4n) is 3.79. The van der Waals surface area contributed by atoms with Crippen molar-refractivity contribution in [2.75, 3.05) is 18.5 Å². The van der Waals surface area contributed by atoms with Gasteiger partial charge in [-0.15, -0.1) is 0 Å². The molecule has 1 fully saturated rings. The second kappa shape index (κ2) is 9.96. The standard InChI is InChI=1S/C22H23BrFN3O4/c1-13-14(2)27(16-5-3-4-6-16)22(17(13)10-25)26-20(28)11-31-21(29)12-30-19-8-7-15(24)9-18(19)23/h7-9,16H,3-6,11-12H2,1-2H3,(H,26,28). The predicted molar refractivity (Wildman–Crippen MR) is 115 cm³/mol. The molecule has 1 saturated carbocycles. The third-order valence-electron chi connectivity index (χ3n) is 5.42. The molecular weight excluding hydrogens is 469 g/mol. The van der Waals surface area contributed by atoms with Crippen LogP contribution in [-0.4, -0.2) is 29.7 Å². The average molecular weight is 492 g/mol. The highest BCUT2D eigenvalue weighted by atomic mass is 79.9. The van der Waals surface area contributed by atoms with Gasteiger partial charge < -0.3 is 19.4 Å². The van der Waals surface area contributed by atoms with Crippen LogP contribution in [0.15, 0.2) is 22.7 Å². The van der Waals surface area contributed by atoms with Gasteiger partial charge in [-0.25, -0.2) is 9.18 Å². The molecule has 164 valence electrons. The molecule has 1 aliphatic rings. The van der Waals surface area contributed by atoms with E-state index < -0.39 is 30.9 Å². The second-order valence-corrected chi connectivity index (χ2v) is 8.28. The lowest BCUT2D eigenvalue weighted by Gasteiger charge is -2.19. The Morgan fingerprint density at radius 2 is 2.00 bits per heavy atom. The number of ether oxygens (including phenoxy) is 2. The molecule has 0 saturated heterocycles. The maximum absolute atomic E-state index is 13.1. The van der Waals surface area contributed by atoms with Crippen molar-refractivity contribution < 1.29 is 23.5 Å². The number of hydrogen-bond donors (Lipinski definition) is 1. The van der Waals surface area contributed by atoms with Crippen LogP contribution in [0.3, 0.4) is 0 Å². The van der Waals surface area contributed by atoms with Crippen LogP contribution < -0.4 is 10.1 Å². The van der Waals surface area contributed by atoms with Crippen molar-refractivity contribution in [1.82, 2.24) is 4.57 Å². The summed E-state index contributed by atoms with van der Waals surface area (Å²) in [6.07, 6.45) is 4.21. The lowest BCUT2D eigenvalue weighted by Crippen LogP contribution is -2.25. The van der Waals surface area contributed by atoms with Crippen molar-refractivity contribution in [1.29, 1.82) is 5.26 Å². The number of hydrogen-bond acceptors (Lipinski definition) is 5. The molecule has 1 aromatic carbocycles. The van der Waals surface area contributed by atoms with Crippen LogP contribution in [-0.2, 0) is 14.3 Å². The van der Waals surface area contributed by atoms with Crippen LogP contribution in [0.2, 0.25) is 0 Å². The quantitative estimate of drug-likeness (QED) is 0.573. The molecule has 1 aromatic heterocycles. The van der Waals surface area contributed by atoms with Gasteiger partial charge in [0.15, 0.2) is 13.2 Å². The lowest BCUT2D eigenvalue weighted by molar-refractivity contribution is -0.149. The molecule has 2 aromatic rings. The monoisotopic (exact) mass is 491 g/mol. The van der Waals surface area contributed by atoms with Gasteiger partial charge in [-0.1, -0.05) is 12.8 Å². The van der Waals surface area contributed by atoms with Gasteiger partial charge in [-0.2, -0.15) is 5.26 Å². The molecule has 1 amide bonds. The van der Waals surface area contributed by atoms with Crippen LogP contribution in [0.25, 0.3) is 0 Å². The molecule has 0 atom stereocenters. The van der Waals surface area contributed by atoms with Gasteiger partial charge in [0, 0.05) is 11.7 Å². The summed E-state index contributed by atoms with van der Waals surface area (Å²) >= 11 is 3.14. The normalized spacial score (nSPS) is 13.6. The van der Waals surface area contributed by atoms with Crippen LogP contribution in [0.4, 0.5) is 10.2 Å². The van der Waals surface area contributed by atoms with Crippen molar-refractivity contribution >= 4 is 33.6 Å². The minimum atomic E-state index is -0.745. The molecule has 3 rings (SSSR count). The highest BCUT2D eigenvalue weighted by Crippen LogP contribution is 2.37. The van der Waals surface area contributed by atoms with E-state index in [1.54, 1.807) is 0 Å². The Balaban J connectivity index is 1.60. The molecule has 1 aliphatic carbocycles. The van der Waals surface area contributed by atoms with Crippen molar-refractivity contribution in [2.45, 2.75) is 45.6 Å². The van der Waals surface area contributed by atoms with Crippen molar-refractivity contribution in [3.8, 4) is 11.8 Å². The Hall–Kier alpha value is -2.86. The van der Waals surface area contributed by atoms with E-state index in [4.69, 9.17) is 9.47 Å². The smallest absolute Gasteiger partial charge is 0.344 e. The third-order valence-corrected chi connectivity index (χ3v) is 6.04. The maximum Gasteiger partial charge on any atom is 0.344 e. The predicted octanol–water partition coefficient (Wildman–Crippen LogP) is 4.55. The number of halogens is 2. The number of anilines is 1. The summed E-state index contributed by atoms with van der Waals surface area (Å²) in [4.78, 5) is 24.4. The molecule has 9 heteroatoms. The van der Waals surface area contributed by atoms with E-state index in [0.717, 1.165) is 36.9 Å². The minimum absolute atomic E-state index is 0.237. The fourth-order valence-corrected chi connectivity index (χ4v) is 4.26. The number of benzene rings is 1. The zero-order valence-electron chi connectivity index (χ0n) is 17.3. The molecule has 31 heavy (non-hydrogen) atoms. The molecule has 0 radical (unpaired) electrons. The summed E-state index contributed by atoms with van der Waals surface area (Å²) in [6.45, 7) is 2.86. The van der Waals surface area contributed by atoms with Gasteiger partial charge in [-0.3, -0.25) is 4.79 Å². The lowest BCUT2D eigenvalue weighted by atomic mass is 10.2. The molecule has 0 aliphatic heterocycles. The first-order valence-corrected chi connectivity index (χ1v) is 10.8. The molecule has 0 spiro atoms. The maximum atomic E-state index is 13.1. The van der Waals surface area contributed by atoms with E-state index in [1.165, 1.54) is 18.2 Å². The SMILES string of the molecule is Cc1c(C#N)c(NC(=O)COC(=O)COc2ccc(F)cc2Br)n(C2CCCC2)c1C. The average Bonchev–Trinajstić information content (AvgIpc) is 3.33. The summed E-state index contributed by atoms with van der Waals surface area (Å²) in [5.74, 6) is -0.989. The van der Waals surface area contributed by atoms with Gasteiger partial charge in [0.05, 0.1) is 10.0 Å². The van der Waals surface area contributed by atoms with E-state index in [-0.39, 0.29) is 11.8 Å². The number of rotatable bonds is 7. The molecule has 7 nitrogen and oxygen atoms in total. The zero-order chi connectivity index (χ0) is 22.5. The summed E-state index contributed by atoms with van der Waals surface area (Å²) < 4.78 is 25.7. The number of carbonyl (C=O) groups is 2. The first-order valence-electron chi connectivity index (χ1n) is 9.96. The van der Waals surface area contributed by atoms with E-state index in [0.29, 0.717) is 15.9 Å². The van der Waals surface area contributed by atoms with Gasteiger partial charge >= 0.3 is 5.97 Å².